The van der Waals surface area contributed by atoms with E-state index < -0.39 is 34.8 Å². The van der Waals surface area contributed by atoms with E-state index >= 15 is 0 Å². The fraction of sp³-hybridized carbons (Fsp3) is 0.185. The lowest BCUT2D eigenvalue weighted by Gasteiger charge is -2.18. The fourth-order valence-electron chi connectivity index (χ4n) is 4.30. The molecule has 1 aliphatic rings. The summed E-state index contributed by atoms with van der Waals surface area (Å²) in [7, 11) is 1.26. The van der Waals surface area contributed by atoms with Gasteiger partial charge in [-0.05, 0) is 54.6 Å². The Hall–Kier alpha value is -3.72. The maximum atomic E-state index is 14.6. The number of amides is 1. The molecule has 4 nitrogen and oxygen atoms in total. The molecule has 0 saturated heterocycles. The van der Waals surface area contributed by atoms with Crippen LogP contribution in [0.4, 0.5) is 23.2 Å². The van der Waals surface area contributed by atoms with Gasteiger partial charge in [-0.2, -0.15) is 13.2 Å². The number of nitrogens with one attached hydrogen (secondary N) is 1. The minimum atomic E-state index is -4.68. The lowest BCUT2D eigenvalue weighted by molar-refractivity contribution is -0.137. The topological polar surface area (TPSA) is 55.4 Å². The molecule has 0 spiro atoms. The van der Waals surface area contributed by atoms with Crippen LogP contribution < -0.4 is 5.32 Å². The smallest absolute Gasteiger partial charge is 0.416 e. The van der Waals surface area contributed by atoms with E-state index in [1.54, 1.807) is 12.1 Å². The summed E-state index contributed by atoms with van der Waals surface area (Å²) in [4.78, 5) is 26.6. The van der Waals surface area contributed by atoms with Gasteiger partial charge in [-0.3, -0.25) is 4.79 Å². The van der Waals surface area contributed by atoms with Gasteiger partial charge in [-0.1, -0.05) is 30.3 Å². The van der Waals surface area contributed by atoms with Crippen LogP contribution in [0.3, 0.4) is 0 Å². The van der Waals surface area contributed by atoms with Gasteiger partial charge in [0.05, 0.1) is 23.7 Å². The summed E-state index contributed by atoms with van der Waals surface area (Å²) in [5.74, 6) is -2.21. The molecule has 0 aliphatic heterocycles. The zero-order valence-electron chi connectivity index (χ0n) is 18.9. The van der Waals surface area contributed by atoms with E-state index in [9.17, 15) is 27.2 Å². The van der Waals surface area contributed by atoms with Crippen molar-refractivity contribution in [1.82, 2.24) is 0 Å². The van der Waals surface area contributed by atoms with Gasteiger partial charge >= 0.3 is 12.1 Å². The number of carbonyl (C=O) groups is 2. The molecule has 0 unspecified atom stereocenters. The number of anilines is 1. The summed E-state index contributed by atoms with van der Waals surface area (Å²) in [5.41, 5.74) is -1.28. The molecule has 3 aromatic carbocycles. The van der Waals surface area contributed by atoms with Gasteiger partial charge < -0.3 is 10.1 Å². The highest BCUT2D eigenvalue weighted by Gasteiger charge is 2.53. The van der Waals surface area contributed by atoms with Crippen molar-refractivity contribution in [1.29, 1.82) is 0 Å². The van der Waals surface area contributed by atoms with Gasteiger partial charge in [0.25, 0.3) is 0 Å². The molecule has 4 aromatic rings. The van der Waals surface area contributed by atoms with Crippen LogP contribution >= 0.6 is 11.3 Å². The van der Waals surface area contributed by atoms with E-state index in [-0.39, 0.29) is 11.1 Å². The van der Waals surface area contributed by atoms with E-state index in [0.717, 1.165) is 27.1 Å². The predicted octanol–water partition coefficient (Wildman–Crippen LogP) is 7.18. The molecule has 0 atom stereocenters. The second-order valence-corrected chi connectivity index (χ2v) is 9.71. The van der Waals surface area contributed by atoms with Gasteiger partial charge in [0.1, 0.15) is 5.82 Å². The Bertz CT molecular complexity index is 1470. The molecule has 1 aromatic heterocycles. The quantitative estimate of drug-likeness (QED) is 0.227. The van der Waals surface area contributed by atoms with Crippen molar-refractivity contribution in [3.63, 3.8) is 0 Å². The van der Waals surface area contributed by atoms with Gasteiger partial charge in [0.2, 0.25) is 5.91 Å². The molecule has 1 fully saturated rings. The van der Waals surface area contributed by atoms with Gasteiger partial charge in [-0.15, -0.1) is 11.3 Å². The first-order valence-corrected chi connectivity index (χ1v) is 11.8. The second-order valence-electron chi connectivity index (χ2n) is 8.63. The van der Waals surface area contributed by atoms with Crippen LogP contribution in [0.1, 0.15) is 34.3 Å². The van der Waals surface area contributed by atoms with Crippen LogP contribution in [0.25, 0.3) is 20.5 Å². The highest BCUT2D eigenvalue weighted by molar-refractivity contribution is 7.22. The number of carbonyl (C=O) groups excluding carboxylic acids is 2. The number of benzene rings is 3. The average Bonchev–Trinajstić information content (AvgIpc) is 3.54. The molecular weight excluding hydrogens is 494 g/mol. The maximum absolute atomic E-state index is 14.6. The van der Waals surface area contributed by atoms with E-state index in [1.807, 2.05) is 30.3 Å². The third kappa shape index (κ3) is 4.24. The molecule has 1 heterocycles. The lowest BCUT2D eigenvalue weighted by atomic mass is 9.93. The summed E-state index contributed by atoms with van der Waals surface area (Å²) in [6.45, 7) is 0. The number of esters is 1. The Labute approximate surface area is 207 Å². The predicted molar refractivity (Wildman–Crippen MR) is 130 cm³/mol. The first-order valence-electron chi connectivity index (χ1n) is 11.0. The molecule has 1 aliphatic carbocycles. The van der Waals surface area contributed by atoms with Crippen LogP contribution in [0.2, 0.25) is 0 Å². The fourth-order valence-corrected chi connectivity index (χ4v) is 5.41. The molecule has 0 bridgehead atoms. The minimum absolute atomic E-state index is 0.0805. The summed E-state index contributed by atoms with van der Waals surface area (Å²) in [5, 5.41) is 3.74. The molecule has 1 amide bonds. The molecule has 0 radical (unpaired) electrons. The van der Waals surface area contributed by atoms with Crippen molar-refractivity contribution in [2.45, 2.75) is 24.4 Å². The van der Waals surface area contributed by atoms with Crippen molar-refractivity contribution < 1.29 is 31.9 Å². The van der Waals surface area contributed by atoms with Gasteiger partial charge in [0, 0.05) is 26.4 Å². The SMILES string of the molecule is COC(=O)c1cc(NC(=O)C2(c3ccc(C(F)(F)F)cc3F)CC2)ccc1-c1cc2ccccc2s1. The summed E-state index contributed by atoms with van der Waals surface area (Å²) < 4.78 is 59.4. The Morgan fingerprint density at radius 1 is 1.00 bits per heavy atom. The van der Waals surface area contributed by atoms with Crippen molar-refractivity contribution in [3.05, 3.63) is 89.2 Å². The second kappa shape index (κ2) is 8.74. The molecule has 9 heteroatoms. The highest BCUT2D eigenvalue weighted by Crippen LogP contribution is 2.50. The number of rotatable bonds is 5. The van der Waals surface area contributed by atoms with Crippen LogP contribution in [0.5, 0.6) is 0 Å². The van der Waals surface area contributed by atoms with Crippen molar-refractivity contribution in [2.24, 2.45) is 0 Å². The number of alkyl halides is 3. The van der Waals surface area contributed by atoms with Crippen molar-refractivity contribution >= 4 is 39.0 Å². The molecule has 1 saturated carbocycles. The number of ether oxygens (including phenoxy) is 1. The van der Waals surface area contributed by atoms with E-state index in [4.69, 9.17) is 4.74 Å². The number of halogens is 4. The van der Waals surface area contributed by atoms with E-state index in [1.165, 1.54) is 24.5 Å². The number of fused-ring (bicyclic) bond motifs is 1. The van der Waals surface area contributed by atoms with Crippen molar-refractivity contribution in [2.75, 3.05) is 12.4 Å². The molecule has 1 N–H and O–H groups in total. The molecule has 5 rings (SSSR count). The first-order chi connectivity index (χ1) is 17.1. The number of methoxy groups -OCH3 is 1. The highest BCUT2D eigenvalue weighted by atomic mass is 32.1. The third-order valence-electron chi connectivity index (χ3n) is 6.37. The standard InChI is InChI=1S/C27H19F4NO3S/c1-35-24(33)19-14-17(7-8-18(19)23-12-15-4-2-3-5-22(15)36-23)32-25(34)26(10-11-26)20-9-6-16(13-21(20)28)27(29,30)31/h2-9,12-14H,10-11H2,1H3,(H,32,34). The number of thiophene rings is 1. The summed E-state index contributed by atoms with van der Waals surface area (Å²) in [6, 6.07) is 16.8. The number of hydrogen-bond donors (Lipinski definition) is 1. The first kappa shape index (κ1) is 24.0. The largest absolute Gasteiger partial charge is 0.465 e. The van der Waals surface area contributed by atoms with E-state index in [0.29, 0.717) is 30.2 Å². The Balaban J connectivity index is 1.45. The Morgan fingerprint density at radius 3 is 2.39 bits per heavy atom. The van der Waals surface area contributed by atoms with Crippen LogP contribution in [0, 0.1) is 5.82 Å². The third-order valence-corrected chi connectivity index (χ3v) is 7.52. The summed E-state index contributed by atoms with van der Waals surface area (Å²) >= 11 is 1.51. The minimum Gasteiger partial charge on any atom is -0.465 e. The molecule has 36 heavy (non-hydrogen) atoms. The maximum Gasteiger partial charge on any atom is 0.416 e. The normalized spacial score (nSPS) is 14.5. The van der Waals surface area contributed by atoms with Gasteiger partial charge in [0.15, 0.2) is 0 Å². The van der Waals surface area contributed by atoms with Gasteiger partial charge in [-0.25, -0.2) is 9.18 Å². The molecular formula is C27H19F4NO3S. The summed E-state index contributed by atoms with van der Waals surface area (Å²) in [6.07, 6.45) is -4.09. The van der Waals surface area contributed by atoms with Crippen LogP contribution in [-0.2, 0) is 21.1 Å². The Kier molecular flexibility index (Phi) is 5.83. The van der Waals surface area contributed by atoms with E-state index in [2.05, 4.69) is 5.32 Å². The zero-order chi connectivity index (χ0) is 25.7. The van der Waals surface area contributed by atoms with Crippen LogP contribution in [0.15, 0.2) is 66.7 Å². The lowest BCUT2D eigenvalue weighted by Crippen LogP contribution is -2.29. The van der Waals surface area contributed by atoms with Crippen molar-refractivity contribution in [3.8, 4) is 10.4 Å². The molecule has 184 valence electrons. The Morgan fingerprint density at radius 2 is 1.75 bits per heavy atom. The zero-order valence-corrected chi connectivity index (χ0v) is 19.7. The average molecular weight is 514 g/mol. The number of hydrogen-bond acceptors (Lipinski definition) is 4. The van der Waals surface area contributed by atoms with Crippen LogP contribution in [-0.4, -0.2) is 19.0 Å². The monoisotopic (exact) mass is 513 g/mol.